The largest absolute Gasteiger partial charge is 0.494 e. The third-order valence-corrected chi connectivity index (χ3v) is 3.30. The summed E-state index contributed by atoms with van der Waals surface area (Å²) in [6.07, 6.45) is 0. The van der Waals surface area contributed by atoms with Gasteiger partial charge < -0.3 is 10.1 Å². The second kappa shape index (κ2) is 6.93. The highest BCUT2D eigenvalue weighted by Gasteiger charge is 2.09. The van der Waals surface area contributed by atoms with Gasteiger partial charge in [-0.15, -0.1) is 0 Å². The molecule has 2 aromatic carbocycles. The summed E-state index contributed by atoms with van der Waals surface area (Å²) >= 11 is 0. The van der Waals surface area contributed by atoms with E-state index in [-0.39, 0.29) is 5.91 Å². The fourth-order valence-electron chi connectivity index (χ4n) is 2.17. The van der Waals surface area contributed by atoms with Crippen molar-refractivity contribution in [2.75, 3.05) is 6.61 Å². The quantitative estimate of drug-likeness (QED) is 0.910. The molecule has 110 valence electrons. The SMILES string of the molecule is CCOc1cccc(CNC(=O)c2cc(C)ccc2C)c1. The molecule has 1 amide bonds. The van der Waals surface area contributed by atoms with Gasteiger partial charge in [0.15, 0.2) is 0 Å². The summed E-state index contributed by atoms with van der Waals surface area (Å²) < 4.78 is 5.46. The van der Waals surface area contributed by atoms with Crippen molar-refractivity contribution in [2.24, 2.45) is 0 Å². The van der Waals surface area contributed by atoms with E-state index in [2.05, 4.69) is 5.32 Å². The maximum absolute atomic E-state index is 12.3. The zero-order valence-electron chi connectivity index (χ0n) is 12.8. The molecular weight excluding hydrogens is 262 g/mol. The summed E-state index contributed by atoms with van der Waals surface area (Å²) in [6.45, 7) is 7.02. The molecular formula is C18H21NO2. The van der Waals surface area contributed by atoms with Gasteiger partial charge in [-0.2, -0.15) is 0 Å². The molecule has 0 aliphatic rings. The second-order valence-corrected chi connectivity index (χ2v) is 5.08. The molecule has 2 rings (SSSR count). The van der Waals surface area contributed by atoms with Gasteiger partial charge in [-0.1, -0.05) is 29.8 Å². The maximum Gasteiger partial charge on any atom is 0.251 e. The molecule has 0 heterocycles. The lowest BCUT2D eigenvalue weighted by molar-refractivity contribution is 0.0950. The van der Waals surface area contributed by atoms with Crippen molar-refractivity contribution in [2.45, 2.75) is 27.3 Å². The third kappa shape index (κ3) is 4.09. The number of carbonyl (C=O) groups is 1. The van der Waals surface area contributed by atoms with Gasteiger partial charge in [0, 0.05) is 12.1 Å². The molecule has 0 aliphatic carbocycles. The number of hydrogen-bond donors (Lipinski definition) is 1. The van der Waals surface area contributed by atoms with E-state index in [1.54, 1.807) is 0 Å². The average molecular weight is 283 g/mol. The van der Waals surface area contributed by atoms with Crippen LogP contribution in [-0.2, 0) is 6.54 Å². The second-order valence-electron chi connectivity index (χ2n) is 5.08. The van der Waals surface area contributed by atoms with E-state index >= 15 is 0 Å². The lowest BCUT2D eigenvalue weighted by Gasteiger charge is -2.10. The van der Waals surface area contributed by atoms with E-state index in [0.29, 0.717) is 13.2 Å². The Morgan fingerprint density at radius 1 is 1.14 bits per heavy atom. The average Bonchev–Trinajstić information content (AvgIpc) is 2.48. The van der Waals surface area contributed by atoms with Crippen LogP contribution in [0.4, 0.5) is 0 Å². The van der Waals surface area contributed by atoms with Crippen LogP contribution in [0, 0.1) is 13.8 Å². The molecule has 0 saturated heterocycles. The number of carbonyl (C=O) groups excluding carboxylic acids is 1. The highest BCUT2D eigenvalue weighted by atomic mass is 16.5. The Hall–Kier alpha value is -2.29. The fraction of sp³-hybridized carbons (Fsp3) is 0.278. The predicted octanol–water partition coefficient (Wildman–Crippen LogP) is 3.63. The standard InChI is InChI=1S/C18H21NO2/c1-4-21-16-7-5-6-15(11-16)12-19-18(20)17-10-13(2)8-9-14(17)3/h5-11H,4,12H2,1-3H3,(H,19,20). The summed E-state index contributed by atoms with van der Waals surface area (Å²) in [4.78, 5) is 12.3. The van der Waals surface area contributed by atoms with Crippen molar-refractivity contribution in [3.63, 3.8) is 0 Å². The Labute approximate surface area is 126 Å². The van der Waals surface area contributed by atoms with Gasteiger partial charge >= 0.3 is 0 Å². The van der Waals surface area contributed by atoms with Gasteiger partial charge in [0.2, 0.25) is 0 Å². The fourth-order valence-corrected chi connectivity index (χ4v) is 2.17. The molecule has 0 aliphatic heterocycles. The molecule has 0 radical (unpaired) electrons. The first-order valence-corrected chi connectivity index (χ1v) is 7.17. The first kappa shape index (κ1) is 15.1. The maximum atomic E-state index is 12.3. The molecule has 3 heteroatoms. The van der Waals surface area contributed by atoms with Crippen LogP contribution in [0.3, 0.4) is 0 Å². The first-order valence-electron chi connectivity index (χ1n) is 7.17. The molecule has 0 bridgehead atoms. The monoisotopic (exact) mass is 283 g/mol. The highest BCUT2D eigenvalue weighted by Crippen LogP contribution is 2.14. The normalized spacial score (nSPS) is 10.2. The number of rotatable bonds is 5. The summed E-state index contributed by atoms with van der Waals surface area (Å²) in [5.74, 6) is 0.786. The Kier molecular flexibility index (Phi) is 4.99. The van der Waals surface area contributed by atoms with Crippen molar-refractivity contribution in [1.82, 2.24) is 5.32 Å². The lowest BCUT2D eigenvalue weighted by Crippen LogP contribution is -2.23. The van der Waals surface area contributed by atoms with E-state index in [4.69, 9.17) is 4.74 Å². The van der Waals surface area contributed by atoms with Crippen LogP contribution in [-0.4, -0.2) is 12.5 Å². The van der Waals surface area contributed by atoms with Crippen LogP contribution in [0.25, 0.3) is 0 Å². The van der Waals surface area contributed by atoms with Crippen molar-refractivity contribution in [3.05, 3.63) is 64.7 Å². The third-order valence-electron chi connectivity index (χ3n) is 3.30. The van der Waals surface area contributed by atoms with Gasteiger partial charge in [0.05, 0.1) is 6.61 Å². The minimum atomic E-state index is -0.0435. The van der Waals surface area contributed by atoms with Crippen molar-refractivity contribution >= 4 is 5.91 Å². The van der Waals surface area contributed by atoms with Crippen molar-refractivity contribution in [1.29, 1.82) is 0 Å². The zero-order chi connectivity index (χ0) is 15.2. The number of amides is 1. The van der Waals surface area contributed by atoms with Crippen LogP contribution in [0.5, 0.6) is 5.75 Å². The minimum absolute atomic E-state index is 0.0435. The molecule has 1 N–H and O–H groups in total. The Bertz CT molecular complexity index is 635. The van der Waals surface area contributed by atoms with E-state index in [1.807, 2.05) is 63.2 Å². The van der Waals surface area contributed by atoms with Gasteiger partial charge in [-0.05, 0) is 50.1 Å². The molecule has 2 aromatic rings. The summed E-state index contributed by atoms with van der Waals surface area (Å²) in [5, 5.41) is 2.96. The van der Waals surface area contributed by atoms with Gasteiger partial charge in [-0.25, -0.2) is 0 Å². The molecule has 0 aromatic heterocycles. The summed E-state index contributed by atoms with van der Waals surface area (Å²) in [7, 11) is 0. The minimum Gasteiger partial charge on any atom is -0.494 e. The van der Waals surface area contributed by atoms with Gasteiger partial charge in [0.1, 0.15) is 5.75 Å². The van der Waals surface area contributed by atoms with E-state index < -0.39 is 0 Å². The summed E-state index contributed by atoms with van der Waals surface area (Å²) in [6, 6.07) is 13.7. The molecule has 0 spiro atoms. The van der Waals surface area contributed by atoms with Gasteiger partial charge in [0.25, 0.3) is 5.91 Å². The van der Waals surface area contributed by atoms with Crippen molar-refractivity contribution in [3.8, 4) is 5.75 Å². The Morgan fingerprint density at radius 3 is 2.71 bits per heavy atom. The van der Waals surface area contributed by atoms with Crippen LogP contribution >= 0.6 is 0 Å². The predicted molar refractivity (Wildman–Crippen MR) is 84.7 cm³/mol. The van der Waals surface area contributed by atoms with E-state index in [0.717, 1.165) is 28.0 Å². The molecule has 0 saturated carbocycles. The van der Waals surface area contributed by atoms with Crippen LogP contribution in [0.1, 0.15) is 34.0 Å². The zero-order valence-corrected chi connectivity index (χ0v) is 12.8. The Morgan fingerprint density at radius 2 is 1.95 bits per heavy atom. The van der Waals surface area contributed by atoms with Crippen LogP contribution in [0.15, 0.2) is 42.5 Å². The highest BCUT2D eigenvalue weighted by molar-refractivity contribution is 5.95. The smallest absolute Gasteiger partial charge is 0.251 e. The van der Waals surface area contributed by atoms with E-state index in [9.17, 15) is 4.79 Å². The number of hydrogen-bond acceptors (Lipinski definition) is 2. The van der Waals surface area contributed by atoms with Crippen LogP contribution in [0.2, 0.25) is 0 Å². The summed E-state index contributed by atoms with van der Waals surface area (Å²) in [5.41, 5.74) is 3.83. The topological polar surface area (TPSA) is 38.3 Å². The molecule has 0 atom stereocenters. The molecule has 3 nitrogen and oxygen atoms in total. The first-order chi connectivity index (χ1) is 10.1. The van der Waals surface area contributed by atoms with Gasteiger partial charge in [-0.3, -0.25) is 4.79 Å². The molecule has 0 unspecified atom stereocenters. The molecule has 21 heavy (non-hydrogen) atoms. The van der Waals surface area contributed by atoms with Crippen molar-refractivity contribution < 1.29 is 9.53 Å². The number of aryl methyl sites for hydroxylation is 2. The van der Waals surface area contributed by atoms with E-state index in [1.165, 1.54) is 0 Å². The Balaban J connectivity index is 2.04. The number of nitrogens with one attached hydrogen (secondary N) is 1. The van der Waals surface area contributed by atoms with Crippen LogP contribution < -0.4 is 10.1 Å². The number of benzene rings is 2. The number of ether oxygens (including phenoxy) is 1. The lowest BCUT2D eigenvalue weighted by atomic mass is 10.0. The molecule has 0 fully saturated rings.